The van der Waals surface area contributed by atoms with E-state index in [0.29, 0.717) is 5.92 Å². The molecule has 0 heterocycles. The predicted molar refractivity (Wildman–Crippen MR) is 41.7 cm³/mol. The Labute approximate surface area is 59.1 Å². The van der Waals surface area contributed by atoms with E-state index in [1.807, 2.05) is 7.05 Å². The Morgan fingerprint density at radius 1 is 1.67 bits per heavy atom. The monoisotopic (exact) mass is 133 g/mol. The van der Waals surface area contributed by atoms with Crippen LogP contribution >= 0.6 is 0 Å². The van der Waals surface area contributed by atoms with E-state index in [1.54, 1.807) is 7.11 Å². The van der Waals surface area contributed by atoms with E-state index in [-0.39, 0.29) is 1.43 Å². The van der Waals surface area contributed by atoms with Gasteiger partial charge in [0, 0.05) is 8.54 Å². The van der Waals surface area contributed by atoms with Crippen molar-refractivity contribution in [3.05, 3.63) is 0 Å². The van der Waals surface area contributed by atoms with Gasteiger partial charge < -0.3 is 10.1 Å². The van der Waals surface area contributed by atoms with Crippen LogP contribution in [0.3, 0.4) is 0 Å². The number of hydrogen-bond donors (Lipinski definition) is 1. The molecule has 58 valence electrons. The van der Waals surface area contributed by atoms with Crippen molar-refractivity contribution < 1.29 is 6.16 Å². The first-order chi connectivity index (χ1) is 4.35. The largest absolute Gasteiger partial charge is 0.384 e. The molecule has 0 aromatic rings. The van der Waals surface area contributed by atoms with Crippen molar-refractivity contribution in [2.24, 2.45) is 5.92 Å². The van der Waals surface area contributed by atoms with Gasteiger partial charge in [-0.1, -0.05) is 6.92 Å². The van der Waals surface area contributed by atoms with E-state index in [2.05, 4.69) is 12.2 Å². The molecule has 0 fully saturated rings. The highest BCUT2D eigenvalue weighted by molar-refractivity contribution is 4.56. The normalized spacial score (nSPS) is 13.7. The summed E-state index contributed by atoms with van der Waals surface area (Å²) in [4.78, 5) is 0. The highest BCUT2D eigenvalue weighted by Gasteiger charge is 2.01. The predicted octanol–water partition coefficient (Wildman–Crippen LogP) is 1.12. The fraction of sp³-hybridized carbons (Fsp3) is 1.00. The molecule has 0 amide bonds. The maximum atomic E-state index is 5.01. The van der Waals surface area contributed by atoms with Crippen LogP contribution in [0.1, 0.15) is 14.8 Å². The summed E-state index contributed by atoms with van der Waals surface area (Å²) in [6.45, 7) is 4.11. The van der Waals surface area contributed by atoms with Crippen LogP contribution in [0.5, 0.6) is 0 Å². The first kappa shape index (κ1) is 8.92. The van der Waals surface area contributed by atoms with Crippen molar-refractivity contribution in [1.29, 1.82) is 0 Å². The second-order valence-corrected chi connectivity index (χ2v) is 2.29. The summed E-state index contributed by atoms with van der Waals surface area (Å²) in [5.41, 5.74) is 0. The van der Waals surface area contributed by atoms with E-state index >= 15 is 0 Å². The van der Waals surface area contributed by atoms with Crippen LogP contribution in [0.15, 0.2) is 0 Å². The fourth-order valence-corrected chi connectivity index (χ4v) is 0.845. The molecule has 0 aliphatic carbocycles. The highest BCUT2D eigenvalue weighted by atomic mass is 16.5. The van der Waals surface area contributed by atoms with Gasteiger partial charge in [0.05, 0.1) is 6.61 Å². The van der Waals surface area contributed by atoms with Gasteiger partial charge in [0.1, 0.15) is 0 Å². The summed E-state index contributed by atoms with van der Waals surface area (Å²) in [5, 5.41) is 3.12. The van der Waals surface area contributed by atoms with E-state index in [9.17, 15) is 0 Å². The van der Waals surface area contributed by atoms with Gasteiger partial charge in [-0.2, -0.15) is 0 Å². The molecular formula is C7H19NO. The summed E-state index contributed by atoms with van der Waals surface area (Å²) in [7, 11) is 3.72. The van der Waals surface area contributed by atoms with Gasteiger partial charge in [-0.15, -0.1) is 0 Å². The standard InChI is InChI=1S/C7H17NO.H2/c1-4-7(5-8-2)6-9-3;/h7-8H,4-6H2,1-3H3;1H. The molecule has 2 nitrogen and oxygen atoms in total. The lowest BCUT2D eigenvalue weighted by molar-refractivity contribution is 0.150. The molecule has 0 saturated carbocycles. The molecule has 1 atom stereocenters. The Morgan fingerprint density at radius 3 is 2.67 bits per heavy atom. The minimum atomic E-state index is 0. The zero-order chi connectivity index (χ0) is 7.11. The van der Waals surface area contributed by atoms with Crippen molar-refractivity contribution in [3.63, 3.8) is 0 Å². The summed E-state index contributed by atoms with van der Waals surface area (Å²) in [6, 6.07) is 0. The number of ether oxygens (including phenoxy) is 1. The van der Waals surface area contributed by atoms with Crippen LogP contribution in [0, 0.1) is 5.92 Å². The lowest BCUT2D eigenvalue weighted by atomic mass is 10.1. The van der Waals surface area contributed by atoms with Crippen molar-refractivity contribution in [2.45, 2.75) is 13.3 Å². The molecular weight excluding hydrogens is 114 g/mol. The van der Waals surface area contributed by atoms with Crippen LogP contribution in [0.25, 0.3) is 0 Å². The first-order valence-electron chi connectivity index (χ1n) is 3.48. The highest BCUT2D eigenvalue weighted by Crippen LogP contribution is 1.99. The van der Waals surface area contributed by atoms with E-state index in [0.717, 1.165) is 13.2 Å². The van der Waals surface area contributed by atoms with Crippen LogP contribution in [0.4, 0.5) is 0 Å². The number of nitrogens with one attached hydrogen (secondary N) is 1. The summed E-state index contributed by atoms with van der Waals surface area (Å²) < 4.78 is 5.01. The lowest BCUT2D eigenvalue weighted by Gasteiger charge is -2.11. The van der Waals surface area contributed by atoms with Crippen LogP contribution < -0.4 is 5.32 Å². The maximum absolute atomic E-state index is 5.01. The lowest BCUT2D eigenvalue weighted by Crippen LogP contribution is -2.21. The Kier molecular flexibility index (Phi) is 5.99. The first-order valence-corrected chi connectivity index (χ1v) is 3.48. The number of hydrogen-bond acceptors (Lipinski definition) is 2. The maximum Gasteiger partial charge on any atom is 0.0502 e. The van der Waals surface area contributed by atoms with Gasteiger partial charge in [0.2, 0.25) is 0 Å². The van der Waals surface area contributed by atoms with Crippen LogP contribution in [-0.4, -0.2) is 27.3 Å². The minimum Gasteiger partial charge on any atom is -0.384 e. The molecule has 2 heteroatoms. The molecule has 0 aromatic heterocycles. The van der Waals surface area contributed by atoms with Crippen molar-refractivity contribution in [3.8, 4) is 0 Å². The second-order valence-electron chi connectivity index (χ2n) is 2.29. The van der Waals surface area contributed by atoms with Gasteiger partial charge in [-0.05, 0) is 25.9 Å². The molecule has 0 aromatic carbocycles. The SMILES string of the molecule is CCC(CNC)COC.[HH]. The summed E-state index contributed by atoms with van der Waals surface area (Å²) in [6.07, 6.45) is 1.19. The van der Waals surface area contributed by atoms with Gasteiger partial charge in [-0.3, -0.25) is 0 Å². The van der Waals surface area contributed by atoms with Gasteiger partial charge >= 0.3 is 0 Å². The van der Waals surface area contributed by atoms with Gasteiger partial charge in [0.25, 0.3) is 0 Å². The molecule has 1 unspecified atom stereocenters. The van der Waals surface area contributed by atoms with E-state index in [4.69, 9.17) is 4.74 Å². The molecule has 0 bridgehead atoms. The van der Waals surface area contributed by atoms with E-state index < -0.39 is 0 Å². The second kappa shape index (κ2) is 6.05. The smallest absolute Gasteiger partial charge is 0.0502 e. The third-order valence-electron chi connectivity index (χ3n) is 1.47. The third kappa shape index (κ3) is 4.43. The molecule has 0 aliphatic rings. The number of rotatable bonds is 5. The topological polar surface area (TPSA) is 21.3 Å². The Bertz CT molecular complexity index is 55.6. The van der Waals surface area contributed by atoms with Crippen molar-refractivity contribution in [1.82, 2.24) is 5.32 Å². The average molecular weight is 133 g/mol. The summed E-state index contributed by atoms with van der Waals surface area (Å²) in [5.74, 6) is 0.681. The molecule has 0 aliphatic heterocycles. The van der Waals surface area contributed by atoms with E-state index in [1.165, 1.54) is 6.42 Å². The average Bonchev–Trinajstić information content (AvgIpc) is 1.88. The minimum absolute atomic E-state index is 0. The Morgan fingerprint density at radius 2 is 2.33 bits per heavy atom. The molecule has 1 N–H and O–H groups in total. The van der Waals surface area contributed by atoms with Gasteiger partial charge in [-0.25, -0.2) is 0 Å². The van der Waals surface area contributed by atoms with Crippen molar-refractivity contribution >= 4 is 0 Å². The third-order valence-corrected chi connectivity index (χ3v) is 1.47. The van der Waals surface area contributed by atoms with Crippen LogP contribution in [-0.2, 0) is 4.74 Å². The van der Waals surface area contributed by atoms with Crippen LogP contribution in [0.2, 0.25) is 0 Å². The van der Waals surface area contributed by atoms with Crippen molar-refractivity contribution in [2.75, 3.05) is 27.3 Å². The Hall–Kier alpha value is -0.0800. The summed E-state index contributed by atoms with van der Waals surface area (Å²) >= 11 is 0. The fourth-order valence-electron chi connectivity index (χ4n) is 0.845. The van der Waals surface area contributed by atoms with Gasteiger partial charge in [0.15, 0.2) is 0 Å². The molecule has 0 rings (SSSR count). The molecule has 0 saturated heterocycles. The molecule has 0 spiro atoms. The quantitative estimate of drug-likeness (QED) is 0.607. The number of methoxy groups -OCH3 is 1. The molecule has 0 radical (unpaired) electrons. The molecule has 9 heavy (non-hydrogen) atoms. The Balaban J connectivity index is 0. The zero-order valence-corrected chi connectivity index (χ0v) is 6.61. The zero-order valence-electron chi connectivity index (χ0n) is 6.61.